The maximum atomic E-state index is 11.2. The maximum Gasteiger partial charge on any atom is 0.357 e. The first kappa shape index (κ1) is 13.4. The smallest absolute Gasteiger partial charge is 0.357 e. The lowest BCUT2D eigenvalue weighted by Crippen LogP contribution is -2.01. The van der Waals surface area contributed by atoms with E-state index in [1.54, 1.807) is 17.1 Å². The summed E-state index contributed by atoms with van der Waals surface area (Å²) >= 11 is 9.10. The highest BCUT2D eigenvalue weighted by Gasteiger charge is 2.11. The van der Waals surface area contributed by atoms with Gasteiger partial charge < -0.3 is 4.74 Å². The van der Waals surface area contributed by atoms with Gasteiger partial charge >= 0.3 is 5.97 Å². The van der Waals surface area contributed by atoms with Crippen LogP contribution in [0.4, 0.5) is 0 Å². The van der Waals surface area contributed by atoms with Crippen molar-refractivity contribution in [3.05, 3.63) is 45.4 Å². The third kappa shape index (κ3) is 3.25. The van der Waals surface area contributed by atoms with E-state index >= 15 is 0 Å². The fraction of sp³-hybridized carbons (Fsp3) is 0.167. The Balaban J connectivity index is 2.01. The van der Waals surface area contributed by atoms with Crippen LogP contribution in [0.2, 0.25) is 5.02 Å². The van der Waals surface area contributed by atoms with Crippen LogP contribution in [0.15, 0.2) is 34.5 Å². The summed E-state index contributed by atoms with van der Waals surface area (Å²) in [6.45, 7) is 0. The Labute approximate surface area is 118 Å². The number of carbonyl (C=O) groups excluding carboxylic acids is 1. The monoisotopic (exact) mass is 299 g/mol. The number of carbonyl (C=O) groups is 1. The zero-order chi connectivity index (χ0) is 13.0. The third-order valence-electron chi connectivity index (χ3n) is 2.13. The van der Waals surface area contributed by atoms with Crippen molar-refractivity contribution in [2.24, 2.45) is 0 Å². The second-order valence-electron chi connectivity index (χ2n) is 3.34. The van der Waals surface area contributed by atoms with Crippen LogP contribution in [-0.2, 0) is 10.5 Å². The fourth-order valence-corrected chi connectivity index (χ4v) is 3.30. The van der Waals surface area contributed by atoms with Gasteiger partial charge in [0.1, 0.15) is 5.01 Å². The molecule has 0 unspecified atom stereocenters. The van der Waals surface area contributed by atoms with E-state index in [1.807, 2.05) is 24.3 Å². The molecule has 0 amide bonds. The number of esters is 1. The quantitative estimate of drug-likeness (QED) is 0.634. The zero-order valence-electron chi connectivity index (χ0n) is 9.55. The predicted octanol–water partition coefficient (Wildman–Crippen LogP) is 3.88. The number of hydrogen-bond donors (Lipinski definition) is 0. The van der Waals surface area contributed by atoms with E-state index in [-0.39, 0.29) is 0 Å². The van der Waals surface area contributed by atoms with Crippen molar-refractivity contribution in [1.29, 1.82) is 0 Å². The van der Waals surface area contributed by atoms with Gasteiger partial charge in [0.15, 0.2) is 5.69 Å². The number of thioether (sulfide) groups is 1. The molecule has 2 rings (SSSR count). The van der Waals surface area contributed by atoms with Gasteiger partial charge in [-0.15, -0.1) is 23.1 Å². The van der Waals surface area contributed by atoms with E-state index in [9.17, 15) is 4.79 Å². The molecule has 0 fully saturated rings. The Morgan fingerprint density at radius 1 is 1.50 bits per heavy atom. The molecule has 0 aliphatic carbocycles. The molecular weight excluding hydrogens is 290 g/mol. The van der Waals surface area contributed by atoms with Gasteiger partial charge in [-0.3, -0.25) is 0 Å². The molecule has 0 bridgehead atoms. The number of benzene rings is 1. The first-order chi connectivity index (χ1) is 8.70. The van der Waals surface area contributed by atoms with E-state index in [0.29, 0.717) is 11.4 Å². The second kappa shape index (κ2) is 6.22. The summed E-state index contributed by atoms with van der Waals surface area (Å²) in [5, 5.41) is 3.31. The summed E-state index contributed by atoms with van der Waals surface area (Å²) in [6.07, 6.45) is 0. The van der Waals surface area contributed by atoms with E-state index in [2.05, 4.69) is 9.72 Å². The lowest BCUT2D eigenvalue weighted by molar-refractivity contribution is 0.0595. The molecule has 0 radical (unpaired) electrons. The lowest BCUT2D eigenvalue weighted by Gasteiger charge is -2.01. The molecule has 6 heteroatoms. The van der Waals surface area contributed by atoms with Crippen molar-refractivity contribution in [1.82, 2.24) is 4.98 Å². The average Bonchev–Trinajstić information content (AvgIpc) is 2.86. The van der Waals surface area contributed by atoms with Gasteiger partial charge in [-0.1, -0.05) is 23.7 Å². The summed E-state index contributed by atoms with van der Waals surface area (Å²) in [6, 6.07) is 7.65. The number of aromatic nitrogens is 1. The Bertz CT molecular complexity index is 557. The minimum atomic E-state index is -0.403. The van der Waals surface area contributed by atoms with Crippen LogP contribution >= 0.6 is 34.7 Å². The fourth-order valence-electron chi connectivity index (χ4n) is 1.28. The number of methoxy groups -OCH3 is 1. The summed E-state index contributed by atoms with van der Waals surface area (Å²) in [7, 11) is 1.35. The van der Waals surface area contributed by atoms with E-state index < -0.39 is 5.97 Å². The molecule has 0 atom stereocenters. The normalized spacial score (nSPS) is 10.3. The van der Waals surface area contributed by atoms with Gasteiger partial charge in [0.25, 0.3) is 0 Å². The number of nitrogens with zero attached hydrogens (tertiary/aromatic N) is 1. The highest BCUT2D eigenvalue weighted by Crippen LogP contribution is 2.30. The van der Waals surface area contributed by atoms with Crippen LogP contribution in [0, 0.1) is 0 Å². The van der Waals surface area contributed by atoms with Gasteiger partial charge in [-0.25, -0.2) is 9.78 Å². The summed E-state index contributed by atoms with van der Waals surface area (Å²) in [5.74, 6) is 0.283. The molecule has 3 nitrogen and oxygen atoms in total. The Hall–Kier alpha value is -1.04. The molecule has 0 N–H and O–H groups in total. The highest BCUT2D eigenvalue weighted by molar-refractivity contribution is 7.98. The second-order valence-corrected chi connectivity index (χ2v) is 5.70. The van der Waals surface area contributed by atoms with E-state index in [1.165, 1.54) is 18.4 Å². The Morgan fingerprint density at radius 3 is 3.00 bits per heavy atom. The van der Waals surface area contributed by atoms with Crippen molar-refractivity contribution in [3.8, 4) is 0 Å². The Kier molecular flexibility index (Phi) is 4.63. The molecule has 0 aliphatic heterocycles. The van der Waals surface area contributed by atoms with Crippen molar-refractivity contribution >= 4 is 40.7 Å². The average molecular weight is 300 g/mol. The van der Waals surface area contributed by atoms with Crippen LogP contribution in [0.1, 0.15) is 15.5 Å². The molecule has 2 aromatic rings. The lowest BCUT2D eigenvalue weighted by atomic mass is 10.4. The van der Waals surface area contributed by atoms with Crippen LogP contribution in [0.3, 0.4) is 0 Å². The van der Waals surface area contributed by atoms with Crippen LogP contribution in [0.25, 0.3) is 0 Å². The molecule has 1 heterocycles. The number of hydrogen-bond acceptors (Lipinski definition) is 5. The standard InChI is InChI=1S/C12H10ClNO2S2/c1-16-12(15)9-6-18-11(14-9)7-17-10-5-3-2-4-8(10)13/h2-6H,7H2,1H3. The van der Waals surface area contributed by atoms with E-state index in [4.69, 9.17) is 11.6 Å². The van der Waals surface area contributed by atoms with E-state index in [0.717, 1.165) is 14.9 Å². The molecule has 18 heavy (non-hydrogen) atoms. The number of thiazole rings is 1. The SMILES string of the molecule is COC(=O)c1csc(CSc2ccccc2Cl)n1. The molecule has 1 aromatic carbocycles. The first-order valence-corrected chi connectivity index (χ1v) is 7.35. The van der Waals surface area contributed by atoms with Gasteiger partial charge in [0.05, 0.1) is 17.9 Å². The molecular formula is C12H10ClNO2S2. The molecule has 0 saturated heterocycles. The van der Waals surface area contributed by atoms with Crippen molar-refractivity contribution < 1.29 is 9.53 Å². The van der Waals surface area contributed by atoms with Gasteiger partial charge in [-0.2, -0.15) is 0 Å². The minimum absolute atomic E-state index is 0.359. The van der Waals surface area contributed by atoms with Gasteiger partial charge in [-0.05, 0) is 12.1 Å². The first-order valence-electron chi connectivity index (χ1n) is 5.10. The van der Waals surface area contributed by atoms with Crippen molar-refractivity contribution in [2.45, 2.75) is 10.6 Å². The largest absolute Gasteiger partial charge is 0.464 e. The summed E-state index contributed by atoms with van der Waals surface area (Å²) < 4.78 is 4.61. The molecule has 0 saturated carbocycles. The molecule has 94 valence electrons. The maximum absolute atomic E-state index is 11.2. The van der Waals surface area contributed by atoms with Crippen molar-refractivity contribution in [2.75, 3.05) is 7.11 Å². The molecule has 0 spiro atoms. The minimum Gasteiger partial charge on any atom is -0.464 e. The number of rotatable bonds is 4. The van der Waals surface area contributed by atoms with Gasteiger partial charge in [0.2, 0.25) is 0 Å². The highest BCUT2D eigenvalue weighted by atomic mass is 35.5. The molecule has 0 aliphatic rings. The van der Waals surface area contributed by atoms with Crippen LogP contribution in [-0.4, -0.2) is 18.1 Å². The predicted molar refractivity (Wildman–Crippen MR) is 74.5 cm³/mol. The number of halogens is 1. The van der Waals surface area contributed by atoms with Crippen LogP contribution in [0.5, 0.6) is 0 Å². The topological polar surface area (TPSA) is 39.2 Å². The van der Waals surface area contributed by atoms with Crippen molar-refractivity contribution in [3.63, 3.8) is 0 Å². The summed E-state index contributed by atoms with van der Waals surface area (Å²) in [5.41, 5.74) is 0.359. The van der Waals surface area contributed by atoms with Gasteiger partial charge in [0, 0.05) is 10.3 Å². The third-order valence-corrected chi connectivity index (χ3v) is 4.69. The number of ether oxygens (including phenoxy) is 1. The zero-order valence-corrected chi connectivity index (χ0v) is 11.9. The van der Waals surface area contributed by atoms with Crippen LogP contribution < -0.4 is 0 Å². The Morgan fingerprint density at radius 2 is 2.28 bits per heavy atom. The summed E-state index contributed by atoms with van der Waals surface area (Å²) in [4.78, 5) is 16.5. The molecule has 1 aromatic heterocycles.